The van der Waals surface area contributed by atoms with Crippen molar-refractivity contribution in [3.05, 3.63) is 64.7 Å². The van der Waals surface area contributed by atoms with Gasteiger partial charge in [0.1, 0.15) is 5.75 Å². The highest BCUT2D eigenvalue weighted by molar-refractivity contribution is 5.76. The molecule has 0 aliphatic heterocycles. The normalized spacial score (nSPS) is 11.8. The Morgan fingerprint density at radius 3 is 2.42 bits per heavy atom. The van der Waals surface area contributed by atoms with Crippen LogP contribution in [0.1, 0.15) is 48.1 Å². The van der Waals surface area contributed by atoms with Gasteiger partial charge in [-0.15, -0.1) is 0 Å². The number of ether oxygens (including phenoxy) is 1. The van der Waals surface area contributed by atoms with Gasteiger partial charge in [-0.1, -0.05) is 42.8 Å². The average Bonchev–Trinajstić information content (AvgIpc) is 2.59. The molecule has 3 heteroatoms. The average molecular weight is 325 g/mol. The molecule has 0 bridgehead atoms. The first-order valence-electron chi connectivity index (χ1n) is 8.53. The molecule has 0 fully saturated rings. The summed E-state index contributed by atoms with van der Waals surface area (Å²) in [7, 11) is 1.65. The fourth-order valence-electron chi connectivity index (χ4n) is 2.93. The molecule has 0 aliphatic rings. The molecule has 1 unspecified atom stereocenters. The Morgan fingerprint density at radius 1 is 1.12 bits per heavy atom. The molecule has 2 aromatic rings. The number of hydrogen-bond donors (Lipinski definition) is 1. The van der Waals surface area contributed by atoms with Crippen molar-refractivity contribution in [2.75, 3.05) is 7.11 Å². The van der Waals surface area contributed by atoms with Crippen LogP contribution < -0.4 is 10.1 Å². The summed E-state index contributed by atoms with van der Waals surface area (Å²) in [6.45, 7) is 6.30. The van der Waals surface area contributed by atoms with Crippen molar-refractivity contribution in [1.29, 1.82) is 0 Å². The van der Waals surface area contributed by atoms with Gasteiger partial charge in [0.15, 0.2) is 0 Å². The molecule has 0 aliphatic carbocycles. The van der Waals surface area contributed by atoms with Crippen LogP contribution in [0.2, 0.25) is 0 Å². The summed E-state index contributed by atoms with van der Waals surface area (Å²) in [5.41, 5.74) is 4.83. The Balaban J connectivity index is 1.93. The molecule has 128 valence electrons. The maximum Gasteiger partial charge on any atom is 0.220 e. The van der Waals surface area contributed by atoms with Crippen LogP contribution in [-0.2, 0) is 11.2 Å². The third-order valence-corrected chi connectivity index (χ3v) is 4.34. The highest BCUT2D eigenvalue weighted by Crippen LogP contribution is 2.22. The molecule has 3 nitrogen and oxygen atoms in total. The number of rotatable bonds is 7. The predicted octanol–water partition coefficient (Wildman–Crippen LogP) is 4.51. The largest absolute Gasteiger partial charge is 0.497 e. The van der Waals surface area contributed by atoms with E-state index < -0.39 is 0 Å². The van der Waals surface area contributed by atoms with Crippen LogP contribution in [-0.4, -0.2) is 13.0 Å². The maximum absolute atomic E-state index is 12.3. The summed E-state index contributed by atoms with van der Waals surface area (Å²) >= 11 is 0. The van der Waals surface area contributed by atoms with Crippen molar-refractivity contribution >= 4 is 5.91 Å². The van der Waals surface area contributed by atoms with Gasteiger partial charge in [-0.3, -0.25) is 4.79 Å². The summed E-state index contributed by atoms with van der Waals surface area (Å²) < 4.78 is 5.15. The van der Waals surface area contributed by atoms with Crippen LogP contribution in [0, 0.1) is 13.8 Å². The van der Waals surface area contributed by atoms with Crippen LogP contribution in [0.15, 0.2) is 42.5 Å². The van der Waals surface area contributed by atoms with Gasteiger partial charge in [-0.05, 0) is 55.5 Å². The standard InChI is InChI=1S/C21H27NO2/c1-5-20(19-12-6-15(2)14-16(19)3)22-21(23)13-9-17-7-10-18(24-4)11-8-17/h6-8,10-12,14,20H,5,9,13H2,1-4H3,(H,22,23). The van der Waals surface area contributed by atoms with Gasteiger partial charge in [-0.25, -0.2) is 0 Å². The number of amides is 1. The molecule has 0 saturated carbocycles. The van der Waals surface area contributed by atoms with Gasteiger partial charge in [0, 0.05) is 6.42 Å². The van der Waals surface area contributed by atoms with E-state index in [4.69, 9.17) is 4.74 Å². The summed E-state index contributed by atoms with van der Waals surface area (Å²) in [5, 5.41) is 3.17. The molecule has 24 heavy (non-hydrogen) atoms. The van der Waals surface area contributed by atoms with Gasteiger partial charge in [0.2, 0.25) is 5.91 Å². The van der Waals surface area contributed by atoms with Gasteiger partial charge in [0.25, 0.3) is 0 Å². The topological polar surface area (TPSA) is 38.3 Å². The molecular formula is C21H27NO2. The Bertz CT molecular complexity index is 677. The van der Waals surface area contributed by atoms with Gasteiger partial charge in [0.05, 0.1) is 13.2 Å². The second-order valence-electron chi connectivity index (χ2n) is 6.24. The van der Waals surface area contributed by atoms with E-state index in [1.807, 2.05) is 24.3 Å². The molecule has 1 atom stereocenters. The van der Waals surface area contributed by atoms with Crippen molar-refractivity contribution < 1.29 is 9.53 Å². The molecule has 1 N–H and O–H groups in total. The molecule has 0 saturated heterocycles. The van der Waals surface area contributed by atoms with Crippen LogP contribution in [0.5, 0.6) is 5.75 Å². The van der Waals surface area contributed by atoms with Gasteiger partial charge >= 0.3 is 0 Å². The Labute approximate surface area is 145 Å². The Morgan fingerprint density at radius 2 is 1.83 bits per heavy atom. The lowest BCUT2D eigenvalue weighted by atomic mass is 9.97. The molecule has 1 amide bonds. The van der Waals surface area contributed by atoms with E-state index in [2.05, 4.69) is 44.3 Å². The van der Waals surface area contributed by atoms with Gasteiger partial charge < -0.3 is 10.1 Å². The first-order valence-corrected chi connectivity index (χ1v) is 8.53. The van der Waals surface area contributed by atoms with Crippen LogP contribution in [0.25, 0.3) is 0 Å². The zero-order valence-corrected chi connectivity index (χ0v) is 15.1. The quantitative estimate of drug-likeness (QED) is 0.813. The molecule has 0 radical (unpaired) electrons. The summed E-state index contributed by atoms with van der Waals surface area (Å²) in [4.78, 5) is 12.3. The molecule has 2 aromatic carbocycles. The number of methoxy groups -OCH3 is 1. The minimum absolute atomic E-state index is 0.0777. The molecule has 2 rings (SSSR count). The fraction of sp³-hybridized carbons (Fsp3) is 0.381. The van der Waals surface area contributed by atoms with E-state index in [1.165, 1.54) is 16.7 Å². The maximum atomic E-state index is 12.3. The monoisotopic (exact) mass is 325 g/mol. The zero-order valence-electron chi connectivity index (χ0n) is 15.1. The summed E-state index contributed by atoms with van der Waals surface area (Å²) in [5.74, 6) is 0.932. The molecule has 0 spiro atoms. The van der Waals surface area contributed by atoms with Crippen molar-refractivity contribution in [1.82, 2.24) is 5.32 Å². The highest BCUT2D eigenvalue weighted by Gasteiger charge is 2.14. The van der Waals surface area contributed by atoms with Gasteiger partial charge in [-0.2, -0.15) is 0 Å². The second-order valence-corrected chi connectivity index (χ2v) is 6.24. The lowest BCUT2D eigenvalue weighted by molar-refractivity contribution is -0.121. The SMILES string of the molecule is CCC(NC(=O)CCc1ccc(OC)cc1)c1ccc(C)cc1C. The van der Waals surface area contributed by atoms with E-state index in [1.54, 1.807) is 7.11 Å². The van der Waals surface area contributed by atoms with E-state index >= 15 is 0 Å². The smallest absolute Gasteiger partial charge is 0.220 e. The van der Waals surface area contributed by atoms with E-state index in [0.29, 0.717) is 6.42 Å². The van der Waals surface area contributed by atoms with E-state index in [0.717, 1.165) is 24.2 Å². The highest BCUT2D eigenvalue weighted by atomic mass is 16.5. The minimum Gasteiger partial charge on any atom is -0.497 e. The van der Waals surface area contributed by atoms with Crippen molar-refractivity contribution in [3.8, 4) is 5.75 Å². The Kier molecular flexibility index (Phi) is 6.42. The second kappa shape index (κ2) is 8.53. The van der Waals surface area contributed by atoms with Crippen LogP contribution >= 0.6 is 0 Å². The van der Waals surface area contributed by atoms with E-state index in [-0.39, 0.29) is 11.9 Å². The van der Waals surface area contributed by atoms with Crippen molar-refractivity contribution in [2.45, 2.75) is 46.1 Å². The minimum atomic E-state index is 0.0777. The van der Waals surface area contributed by atoms with Crippen LogP contribution in [0.3, 0.4) is 0 Å². The lowest BCUT2D eigenvalue weighted by Gasteiger charge is -2.20. The number of hydrogen-bond acceptors (Lipinski definition) is 2. The molecule has 0 heterocycles. The first kappa shape index (κ1) is 18.1. The van der Waals surface area contributed by atoms with Crippen LogP contribution in [0.4, 0.5) is 0 Å². The van der Waals surface area contributed by atoms with E-state index in [9.17, 15) is 4.79 Å². The summed E-state index contributed by atoms with van der Waals surface area (Å²) in [6.07, 6.45) is 2.12. The predicted molar refractivity (Wildman–Crippen MR) is 98.4 cm³/mol. The number of nitrogens with one attached hydrogen (secondary N) is 1. The summed E-state index contributed by atoms with van der Waals surface area (Å²) in [6, 6.07) is 14.4. The third-order valence-electron chi connectivity index (χ3n) is 4.34. The number of benzene rings is 2. The fourth-order valence-corrected chi connectivity index (χ4v) is 2.93. The first-order chi connectivity index (χ1) is 11.5. The third kappa shape index (κ3) is 4.85. The number of aryl methyl sites for hydroxylation is 3. The number of carbonyl (C=O) groups is 1. The lowest BCUT2D eigenvalue weighted by Crippen LogP contribution is -2.28. The zero-order chi connectivity index (χ0) is 17.5. The molecule has 0 aromatic heterocycles. The molecular weight excluding hydrogens is 298 g/mol. The van der Waals surface area contributed by atoms with Crippen molar-refractivity contribution in [3.63, 3.8) is 0 Å². The Hall–Kier alpha value is -2.29. The number of carbonyl (C=O) groups excluding carboxylic acids is 1. The van der Waals surface area contributed by atoms with Crippen molar-refractivity contribution in [2.24, 2.45) is 0 Å².